The van der Waals surface area contributed by atoms with Crippen LogP contribution >= 0.6 is 0 Å². The Morgan fingerprint density at radius 2 is 1.63 bits per heavy atom. The quantitative estimate of drug-likeness (QED) is 0.529. The van der Waals surface area contributed by atoms with E-state index in [0.29, 0.717) is 40.3 Å². The molecule has 0 aliphatic carbocycles. The summed E-state index contributed by atoms with van der Waals surface area (Å²) in [4.78, 5) is 19.7. The fourth-order valence-electron chi connectivity index (χ4n) is 3.36. The maximum Gasteiger partial charge on any atom is 0.256 e. The molecule has 4 aromatic rings. The Hall–Kier alpha value is -3.74. The summed E-state index contributed by atoms with van der Waals surface area (Å²) >= 11 is 0. The molecule has 0 amide bonds. The normalized spacial score (nSPS) is 10.9. The number of H-pyrrole nitrogens is 1. The van der Waals surface area contributed by atoms with Crippen molar-refractivity contribution in [2.45, 2.75) is 6.42 Å². The highest BCUT2D eigenvalue weighted by atomic mass is 19.1. The molecule has 2 aromatic carbocycles. The molecule has 30 heavy (non-hydrogen) atoms. The van der Waals surface area contributed by atoms with Gasteiger partial charge in [-0.25, -0.2) is 8.78 Å². The molecule has 0 spiro atoms. The lowest BCUT2D eigenvalue weighted by Gasteiger charge is -2.10. The molecule has 0 fully saturated rings. The van der Waals surface area contributed by atoms with Gasteiger partial charge in [-0.15, -0.1) is 0 Å². The lowest BCUT2D eigenvalue weighted by molar-refractivity contribution is 0.356. The van der Waals surface area contributed by atoms with Crippen LogP contribution in [0.1, 0.15) is 11.3 Å². The summed E-state index contributed by atoms with van der Waals surface area (Å²) in [5.41, 5.74) is 2.13. The summed E-state index contributed by atoms with van der Waals surface area (Å²) in [6.45, 7) is 0. The van der Waals surface area contributed by atoms with Crippen molar-refractivity contribution in [1.29, 1.82) is 0 Å². The van der Waals surface area contributed by atoms with Crippen molar-refractivity contribution in [2.75, 3.05) is 14.2 Å². The number of nitrogens with zero attached hydrogens (tertiary/aromatic N) is 1. The predicted molar refractivity (Wildman–Crippen MR) is 110 cm³/mol. The maximum atomic E-state index is 13.4. The van der Waals surface area contributed by atoms with Crippen molar-refractivity contribution in [2.24, 2.45) is 0 Å². The Balaban J connectivity index is 1.64. The Morgan fingerprint density at radius 3 is 2.27 bits per heavy atom. The van der Waals surface area contributed by atoms with E-state index in [0.717, 1.165) is 17.0 Å². The van der Waals surface area contributed by atoms with E-state index in [1.807, 2.05) is 12.1 Å². The van der Waals surface area contributed by atoms with E-state index in [2.05, 4.69) is 9.97 Å². The number of nitrogens with one attached hydrogen (secondary N) is 1. The number of methoxy groups -OCH3 is 2. The summed E-state index contributed by atoms with van der Waals surface area (Å²) in [5, 5.41) is 1.23. The van der Waals surface area contributed by atoms with E-state index >= 15 is 0 Å². The Morgan fingerprint density at radius 1 is 0.933 bits per heavy atom. The molecule has 0 unspecified atom stereocenters. The largest absolute Gasteiger partial charge is 0.493 e. The van der Waals surface area contributed by atoms with Gasteiger partial charge in [-0.05, 0) is 47.3 Å². The standard InChI is InChI=1S/C23H18F2N2O3/c1-29-21-9-14-8-18(27-23(28)19(14)11-22(21)30-2)5-13-3-4-20(26-12-13)15-6-16(24)10-17(25)7-15/h3-4,6-12H,5H2,1-2H3,(H,27,28). The zero-order valence-electron chi connectivity index (χ0n) is 16.3. The maximum absolute atomic E-state index is 13.4. The molecule has 7 heteroatoms. The van der Waals surface area contributed by atoms with E-state index in [4.69, 9.17) is 9.47 Å². The fourth-order valence-corrected chi connectivity index (χ4v) is 3.36. The lowest BCUT2D eigenvalue weighted by atomic mass is 10.1. The van der Waals surface area contributed by atoms with Crippen molar-refractivity contribution in [3.05, 3.63) is 88.0 Å². The zero-order chi connectivity index (χ0) is 21.3. The minimum atomic E-state index is -0.656. The summed E-state index contributed by atoms with van der Waals surface area (Å²) in [6.07, 6.45) is 2.06. The smallest absolute Gasteiger partial charge is 0.256 e. The molecule has 4 rings (SSSR count). The molecule has 0 radical (unpaired) electrons. The van der Waals surface area contributed by atoms with Crippen LogP contribution in [0.4, 0.5) is 8.78 Å². The number of aromatic nitrogens is 2. The third-order valence-corrected chi connectivity index (χ3v) is 4.78. The van der Waals surface area contributed by atoms with Gasteiger partial charge in [-0.1, -0.05) is 6.07 Å². The molecular formula is C23H18F2N2O3. The van der Waals surface area contributed by atoms with Crippen molar-refractivity contribution in [3.8, 4) is 22.8 Å². The number of rotatable bonds is 5. The number of hydrogen-bond acceptors (Lipinski definition) is 4. The first-order chi connectivity index (χ1) is 14.5. The SMILES string of the molecule is COc1cc2cc(Cc3ccc(-c4cc(F)cc(F)c4)nc3)[nH]c(=O)c2cc1OC. The van der Waals surface area contributed by atoms with Crippen molar-refractivity contribution in [1.82, 2.24) is 9.97 Å². The lowest BCUT2D eigenvalue weighted by Crippen LogP contribution is -2.10. The van der Waals surface area contributed by atoms with E-state index in [9.17, 15) is 13.6 Å². The molecule has 0 atom stereocenters. The Kier molecular flexibility index (Phi) is 5.18. The summed E-state index contributed by atoms with van der Waals surface area (Å²) in [7, 11) is 3.05. The van der Waals surface area contributed by atoms with E-state index in [1.54, 1.807) is 24.4 Å². The highest BCUT2D eigenvalue weighted by Gasteiger charge is 2.11. The number of ether oxygens (including phenoxy) is 2. The second-order valence-corrected chi connectivity index (χ2v) is 6.80. The number of hydrogen-bond donors (Lipinski definition) is 1. The molecule has 0 bridgehead atoms. The Bertz CT molecular complexity index is 1260. The third-order valence-electron chi connectivity index (χ3n) is 4.78. The molecule has 0 saturated heterocycles. The van der Waals surface area contributed by atoms with Crippen LogP contribution in [0.3, 0.4) is 0 Å². The highest BCUT2D eigenvalue weighted by molar-refractivity contribution is 5.85. The first-order valence-electron chi connectivity index (χ1n) is 9.16. The molecule has 0 saturated carbocycles. The van der Waals surface area contributed by atoms with Gasteiger partial charge < -0.3 is 14.5 Å². The molecular weight excluding hydrogens is 390 g/mol. The number of halogens is 2. The van der Waals surface area contributed by atoms with Crippen LogP contribution in [0.15, 0.2) is 59.5 Å². The second-order valence-electron chi connectivity index (χ2n) is 6.80. The van der Waals surface area contributed by atoms with Crippen LogP contribution in [0.5, 0.6) is 11.5 Å². The number of benzene rings is 2. The van der Waals surface area contributed by atoms with Gasteiger partial charge >= 0.3 is 0 Å². The van der Waals surface area contributed by atoms with Crippen LogP contribution in [-0.4, -0.2) is 24.2 Å². The highest BCUT2D eigenvalue weighted by Crippen LogP contribution is 2.31. The first-order valence-corrected chi connectivity index (χ1v) is 9.16. The van der Waals surface area contributed by atoms with Gasteiger partial charge in [-0.3, -0.25) is 9.78 Å². The van der Waals surface area contributed by atoms with Gasteiger partial charge in [0.2, 0.25) is 0 Å². The summed E-state index contributed by atoms with van der Waals surface area (Å²) in [5.74, 6) is -0.292. The monoisotopic (exact) mass is 408 g/mol. The minimum absolute atomic E-state index is 0.233. The van der Waals surface area contributed by atoms with Crippen molar-refractivity contribution >= 4 is 10.8 Å². The van der Waals surface area contributed by atoms with Crippen molar-refractivity contribution < 1.29 is 18.3 Å². The average molecular weight is 408 g/mol. The van der Waals surface area contributed by atoms with Gasteiger partial charge in [0.25, 0.3) is 5.56 Å². The Labute approximate surface area is 170 Å². The molecule has 2 heterocycles. The van der Waals surface area contributed by atoms with E-state index < -0.39 is 11.6 Å². The number of fused-ring (bicyclic) bond motifs is 1. The van der Waals surface area contributed by atoms with Gasteiger partial charge in [0.05, 0.1) is 25.3 Å². The minimum Gasteiger partial charge on any atom is -0.493 e. The molecule has 2 aromatic heterocycles. The fraction of sp³-hybridized carbons (Fsp3) is 0.130. The van der Waals surface area contributed by atoms with E-state index in [1.165, 1.54) is 26.4 Å². The zero-order valence-corrected chi connectivity index (χ0v) is 16.3. The van der Waals surface area contributed by atoms with Crippen LogP contribution in [-0.2, 0) is 6.42 Å². The number of aromatic amines is 1. The van der Waals surface area contributed by atoms with Crippen LogP contribution < -0.4 is 15.0 Å². The van der Waals surface area contributed by atoms with Crippen LogP contribution in [0, 0.1) is 11.6 Å². The third kappa shape index (κ3) is 3.87. The molecule has 0 aliphatic rings. The van der Waals surface area contributed by atoms with Gasteiger partial charge in [0.1, 0.15) is 11.6 Å². The average Bonchev–Trinajstić information content (AvgIpc) is 2.72. The summed E-state index contributed by atoms with van der Waals surface area (Å²) < 4.78 is 37.4. The van der Waals surface area contributed by atoms with Crippen LogP contribution in [0.25, 0.3) is 22.0 Å². The molecule has 152 valence electrons. The van der Waals surface area contributed by atoms with Crippen molar-refractivity contribution in [3.63, 3.8) is 0 Å². The van der Waals surface area contributed by atoms with Crippen LogP contribution in [0.2, 0.25) is 0 Å². The molecule has 1 N–H and O–H groups in total. The summed E-state index contributed by atoms with van der Waals surface area (Å²) in [6, 6.07) is 12.0. The molecule has 5 nitrogen and oxygen atoms in total. The topological polar surface area (TPSA) is 64.2 Å². The molecule has 0 aliphatic heterocycles. The second kappa shape index (κ2) is 7.94. The van der Waals surface area contributed by atoms with Gasteiger partial charge in [-0.2, -0.15) is 0 Å². The van der Waals surface area contributed by atoms with E-state index in [-0.39, 0.29) is 5.56 Å². The van der Waals surface area contributed by atoms with Gasteiger partial charge in [0.15, 0.2) is 11.5 Å². The first kappa shape index (κ1) is 19.6. The van der Waals surface area contributed by atoms with Gasteiger partial charge in [0, 0.05) is 29.9 Å². The predicted octanol–water partition coefficient (Wildman–Crippen LogP) is 4.48. The number of pyridine rings is 2.